The lowest BCUT2D eigenvalue weighted by atomic mass is 9.89. The summed E-state index contributed by atoms with van der Waals surface area (Å²) in [5.74, 6) is 0.440. The molecular weight excluding hydrogens is 361 g/mol. The Morgan fingerprint density at radius 1 is 1.11 bits per heavy atom. The second-order valence-corrected chi connectivity index (χ2v) is 7.82. The van der Waals surface area contributed by atoms with Gasteiger partial charge < -0.3 is 10.1 Å². The molecule has 0 spiro atoms. The minimum atomic E-state index is -0.287. The molecule has 0 saturated heterocycles. The smallest absolute Gasteiger partial charge is 0.225 e. The molecule has 27 heavy (non-hydrogen) atoms. The van der Waals surface area contributed by atoms with Crippen LogP contribution in [0, 0.1) is 5.82 Å². The highest BCUT2D eigenvalue weighted by Crippen LogP contribution is 2.47. The first-order valence-corrected chi connectivity index (χ1v) is 9.83. The SMILES string of the molecule is CC(C)Oc1ccc([C@@H]2CC(=O)Nc3c(-c4ccccc4F)csc32)cc1. The number of hydrogen-bond donors (Lipinski definition) is 1. The Hall–Kier alpha value is -2.66. The van der Waals surface area contributed by atoms with Crippen LogP contribution >= 0.6 is 11.3 Å². The van der Waals surface area contributed by atoms with Gasteiger partial charge in [-0.1, -0.05) is 30.3 Å². The predicted molar refractivity (Wildman–Crippen MR) is 107 cm³/mol. The Morgan fingerprint density at radius 2 is 1.85 bits per heavy atom. The average molecular weight is 381 g/mol. The van der Waals surface area contributed by atoms with Crippen molar-refractivity contribution in [2.24, 2.45) is 0 Å². The summed E-state index contributed by atoms with van der Waals surface area (Å²) in [5, 5.41) is 4.88. The minimum absolute atomic E-state index is 0.0348. The quantitative estimate of drug-likeness (QED) is 0.619. The van der Waals surface area contributed by atoms with Crippen LogP contribution in [0.15, 0.2) is 53.9 Å². The lowest BCUT2D eigenvalue weighted by Gasteiger charge is -2.24. The van der Waals surface area contributed by atoms with E-state index in [1.54, 1.807) is 29.5 Å². The average Bonchev–Trinajstić information content (AvgIpc) is 3.05. The van der Waals surface area contributed by atoms with Crippen molar-refractivity contribution in [2.75, 3.05) is 5.32 Å². The van der Waals surface area contributed by atoms with Gasteiger partial charge in [-0.05, 0) is 37.6 Å². The highest BCUT2D eigenvalue weighted by atomic mass is 32.1. The largest absolute Gasteiger partial charge is 0.491 e. The Balaban J connectivity index is 1.72. The van der Waals surface area contributed by atoms with Crippen molar-refractivity contribution in [1.82, 2.24) is 0 Å². The van der Waals surface area contributed by atoms with Crippen molar-refractivity contribution in [1.29, 1.82) is 0 Å². The van der Waals surface area contributed by atoms with E-state index in [0.717, 1.165) is 27.4 Å². The molecule has 0 fully saturated rings. The van der Waals surface area contributed by atoms with E-state index in [0.29, 0.717) is 12.0 Å². The van der Waals surface area contributed by atoms with E-state index in [1.165, 1.54) is 6.07 Å². The normalized spacial score (nSPS) is 16.1. The molecular formula is C22H20FNO2S. The third-order valence-electron chi connectivity index (χ3n) is 4.61. The number of nitrogens with one attached hydrogen (secondary N) is 1. The van der Waals surface area contributed by atoms with Gasteiger partial charge in [-0.2, -0.15) is 0 Å². The van der Waals surface area contributed by atoms with E-state index in [-0.39, 0.29) is 23.7 Å². The fraction of sp³-hybridized carbons (Fsp3) is 0.227. The molecule has 1 amide bonds. The lowest BCUT2D eigenvalue weighted by molar-refractivity contribution is -0.116. The van der Waals surface area contributed by atoms with Gasteiger partial charge in [-0.3, -0.25) is 4.79 Å². The number of amides is 1. The van der Waals surface area contributed by atoms with Gasteiger partial charge in [0.2, 0.25) is 5.91 Å². The Kier molecular flexibility index (Phi) is 4.70. The van der Waals surface area contributed by atoms with Crippen molar-refractivity contribution in [3.63, 3.8) is 0 Å². The molecule has 2 heterocycles. The number of carbonyl (C=O) groups excluding carboxylic acids is 1. The van der Waals surface area contributed by atoms with E-state index in [1.807, 2.05) is 43.5 Å². The van der Waals surface area contributed by atoms with E-state index in [4.69, 9.17) is 4.74 Å². The predicted octanol–water partition coefficient (Wildman–Crippen LogP) is 5.82. The highest BCUT2D eigenvalue weighted by Gasteiger charge is 2.30. The zero-order valence-corrected chi connectivity index (χ0v) is 16.0. The summed E-state index contributed by atoms with van der Waals surface area (Å²) in [6, 6.07) is 14.5. The Bertz CT molecular complexity index is 978. The molecule has 1 atom stereocenters. The van der Waals surface area contributed by atoms with E-state index >= 15 is 0 Å². The van der Waals surface area contributed by atoms with Gasteiger partial charge in [-0.25, -0.2) is 4.39 Å². The van der Waals surface area contributed by atoms with Gasteiger partial charge >= 0.3 is 0 Å². The highest BCUT2D eigenvalue weighted by molar-refractivity contribution is 7.11. The van der Waals surface area contributed by atoms with Crippen LogP contribution in [0.25, 0.3) is 11.1 Å². The van der Waals surface area contributed by atoms with Crippen LogP contribution in [-0.4, -0.2) is 12.0 Å². The summed E-state index contributed by atoms with van der Waals surface area (Å²) in [5.41, 5.74) is 3.04. The second-order valence-electron chi connectivity index (χ2n) is 6.91. The standard InChI is InChI=1S/C22H20FNO2S/c1-13(2)26-15-9-7-14(8-10-15)17-11-20(25)24-21-18(12-27-22(17)21)16-5-3-4-6-19(16)23/h3-10,12-13,17H,11H2,1-2H3,(H,24,25)/t17-/m0/s1. The summed E-state index contributed by atoms with van der Waals surface area (Å²) in [4.78, 5) is 13.4. The number of anilines is 1. The second kappa shape index (κ2) is 7.16. The molecule has 0 bridgehead atoms. The molecule has 0 radical (unpaired) electrons. The van der Waals surface area contributed by atoms with Crippen LogP contribution in [0.5, 0.6) is 5.75 Å². The fourth-order valence-corrected chi connectivity index (χ4v) is 4.58. The zero-order valence-electron chi connectivity index (χ0n) is 15.2. The fourth-order valence-electron chi connectivity index (χ4n) is 3.42. The summed E-state index contributed by atoms with van der Waals surface area (Å²) in [6.45, 7) is 3.98. The van der Waals surface area contributed by atoms with Crippen LogP contribution in [0.3, 0.4) is 0 Å². The van der Waals surface area contributed by atoms with Gasteiger partial charge in [0.05, 0.1) is 11.8 Å². The van der Waals surface area contributed by atoms with Crippen LogP contribution in [-0.2, 0) is 4.79 Å². The van der Waals surface area contributed by atoms with Gasteiger partial charge in [0, 0.05) is 33.7 Å². The first-order valence-electron chi connectivity index (χ1n) is 8.95. The van der Waals surface area contributed by atoms with Crippen molar-refractivity contribution < 1.29 is 13.9 Å². The number of benzene rings is 2. The number of fused-ring (bicyclic) bond motifs is 1. The van der Waals surface area contributed by atoms with Crippen molar-refractivity contribution in [3.05, 3.63) is 70.2 Å². The van der Waals surface area contributed by atoms with E-state index < -0.39 is 0 Å². The zero-order chi connectivity index (χ0) is 19.0. The molecule has 1 aliphatic heterocycles. The van der Waals surface area contributed by atoms with E-state index in [9.17, 15) is 9.18 Å². The summed E-state index contributed by atoms with van der Waals surface area (Å²) >= 11 is 1.56. The third kappa shape index (κ3) is 3.47. The van der Waals surface area contributed by atoms with Crippen molar-refractivity contribution in [3.8, 4) is 16.9 Å². The minimum Gasteiger partial charge on any atom is -0.491 e. The summed E-state index contributed by atoms with van der Waals surface area (Å²) in [6.07, 6.45) is 0.498. The molecule has 3 nitrogen and oxygen atoms in total. The van der Waals surface area contributed by atoms with Gasteiger partial charge in [0.25, 0.3) is 0 Å². The molecule has 5 heteroatoms. The number of thiophene rings is 1. The molecule has 0 unspecified atom stereocenters. The van der Waals surface area contributed by atoms with Crippen LogP contribution in [0.2, 0.25) is 0 Å². The van der Waals surface area contributed by atoms with Crippen LogP contribution < -0.4 is 10.1 Å². The molecule has 1 aromatic heterocycles. The monoisotopic (exact) mass is 381 g/mol. The first kappa shape index (κ1) is 17.7. The Labute approximate surface area is 161 Å². The molecule has 0 aliphatic carbocycles. The maximum absolute atomic E-state index is 14.3. The van der Waals surface area contributed by atoms with Crippen LogP contribution in [0.4, 0.5) is 10.1 Å². The molecule has 138 valence electrons. The lowest BCUT2D eigenvalue weighted by Crippen LogP contribution is -2.22. The van der Waals surface area contributed by atoms with Gasteiger partial charge in [0.15, 0.2) is 0 Å². The van der Waals surface area contributed by atoms with Gasteiger partial charge in [0.1, 0.15) is 11.6 Å². The number of hydrogen-bond acceptors (Lipinski definition) is 3. The molecule has 1 N–H and O–H groups in total. The molecule has 1 aliphatic rings. The Morgan fingerprint density at radius 3 is 2.56 bits per heavy atom. The maximum Gasteiger partial charge on any atom is 0.225 e. The first-order chi connectivity index (χ1) is 13.0. The molecule has 2 aromatic carbocycles. The maximum atomic E-state index is 14.3. The number of rotatable bonds is 4. The van der Waals surface area contributed by atoms with Crippen molar-refractivity contribution in [2.45, 2.75) is 32.3 Å². The topological polar surface area (TPSA) is 38.3 Å². The number of halogens is 1. The van der Waals surface area contributed by atoms with E-state index in [2.05, 4.69) is 5.32 Å². The van der Waals surface area contributed by atoms with Crippen molar-refractivity contribution >= 4 is 22.9 Å². The molecule has 0 saturated carbocycles. The summed E-state index contributed by atoms with van der Waals surface area (Å²) < 4.78 is 20.0. The third-order valence-corrected chi connectivity index (χ3v) is 5.70. The molecule has 3 aromatic rings. The van der Waals surface area contributed by atoms with Gasteiger partial charge in [-0.15, -0.1) is 11.3 Å². The van der Waals surface area contributed by atoms with Crippen LogP contribution in [0.1, 0.15) is 36.6 Å². The number of carbonyl (C=O) groups is 1. The molecule has 4 rings (SSSR count). The number of ether oxygens (including phenoxy) is 1. The summed E-state index contributed by atoms with van der Waals surface area (Å²) in [7, 11) is 0.